The van der Waals surface area contributed by atoms with Gasteiger partial charge in [-0.25, -0.2) is 4.98 Å². The van der Waals surface area contributed by atoms with Crippen LogP contribution in [0.4, 0.5) is 0 Å². The first-order valence-electron chi connectivity index (χ1n) is 10.4. The van der Waals surface area contributed by atoms with Crippen LogP contribution in [0.1, 0.15) is 71.6 Å². The van der Waals surface area contributed by atoms with Crippen molar-refractivity contribution in [3.63, 3.8) is 0 Å². The quantitative estimate of drug-likeness (QED) is 0.656. The van der Waals surface area contributed by atoms with Gasteiger partial charge in [-0.2, -0.15) is 0 Å². The number of carbonyl (C=O) groups is 1. The molecule has 0 fully saturated rings. The molecule has 30 heavy (non-hydrogen) atoms. The summed E-state index contributed by atoms with van der Waals surface area (Å²) in [4.78, 5) is 32.9. The molecule has 0 aliphatic carbocycles. The van der Waals surface area contributed by atoms with E-state index in [0.717, 1.165) is 17.0 Å². The van der Waals surface area contributed by atoms with Crippen molar-refractivity contribution in [1.82, 2.24) is 14.5 Å². The van der Waals surface area contributed by atoms with E-state index in [1.807, 2.05) is 64.1 Å². The largest absolute Gasteiger partial charge is 0.445 e. The molecule has 3 aromatic rings. The SMILES string of the molecule is Cc1ccn(C(C)c2ccccc2)c(=O)c1C(=O)N1CCc2oc(C(C)C)nc2C1. The molecule has 1 amide bonds. The molecule has 1 unspecified atom stereocenters. The fourth-order valence-electron chi connectivity index (χ4n) is 3.90. The minimum Gasteiger partial charge on any atom is -0.445 e. The average Bonchev–Trinajstić information content (AvgIpc) is 3.18. The van der Waals surface area contributed by atoms with E-state index in [2.05, 4.69) is 4.98 Å². The van der Waals surface area contributed by atoms with Gasteiger partial charge in [-0.3, -0.25) is 9.59 Å². The summed E-state index contributed by atoms with van der Waals surface area (Å²) in [6.07, 6.45) is 2.38. The topological polar surface area (TPSA) is 68.3 Å². The summed E-state index contributed by atoms with van der Waals surface area (Å²) >= 11 is 0. The standard InChI is InChI=1S/C24H27N3O3/c1-15(2)22-25-19-14-26(12-11-20(19)30-22)23(28)21-16(3)10-13-27(24(21)29)17(4)18-8-6-5-7-9-18/h5-10,13,15,17H,11-12,14H2,1-4H3. The Morgan fingerprint density at radius 3 is 2.57 bits per heavy atom. The zero-order valence-corrected chi connectivity index (χ0v) is 17.9. The molecule has 0 saturated heterocycles. The van der Waals surface area contributed by atoms with Crippen LogP contribution in [-0.4, -0.2) is 26.9 Å². The Morgan fingerprint density at radius 2 is 1.87 bits per heavy atom. The number of aromatic nitrogens is 2. The van der Waals surface area contributed by atoms with Crippen molar-refractivity contribution in [2.75, 3.05) is 6.54 Å². The Balaban J connectivity index is 1.65. The van der Waals surface area contributed by atoms with Gasteiger partial charge in [0.05, 0.1) is 12.6 Å². The number of nitrogens with zero attached hydrogens (tertiary/aromatic N) is 3. The molecule has 2 aromatic heterocycles. The lowest BCUT2D eigenvalue weighted by molar-refractivity contribution is 0.0724. The molecule has 6 nitrogen and oxygen atoms in total. The zero-order valence-electron chi connectivity index (χ0n) is 17.9. The van der Waals surface area contributed by atoms with Gasteiger partial charge in [0.1, 0.15) is 17.0 Å². The van der Waals surface area contributed by atoms with Gasteiger partial charge in [0.25, 0.3) is 11.5 Å². The highest BCUT2D eigenvalue weighted by Gasteiger charge is 2.29. The van der Waals surface area contributed by atoms with Crippen molar-refractivity contribution in [3.8, 4) is 0 Å². The summed E-state index contributed by atoms with van der Waals surface area (Å²) in [5, 5.41) is 0. The highest BCUT2D eigenvalue weighted by atomic mass is 16.4. The number of aryl methyl sites for hydroxylation is 1. The lowest BCUT2D eigenvalue weighted by atomic mass is 10.1. The smallest absolute Gasteiger partial charge is 0.264 e. The Hall–Kier alpha value is -3.15. The predicted molar refractivity (Wildman–Crippen MR) is 115 cm³/mol. The Kier molecular flexibility index (Phi) is 5.33. The number of oxazole rings is 1. The maximum Gasteiger partial charge on any atom is 0.264 e. The van der Waals surface area contributed by atoms with Crippen molar-refractivity contribution >= 4 is 5.91 Å². The first kappa shape index (κ1) is 20.1. The number of pyridine rings is 1. The Morgan fingerprint density at radius 1 is 1.13 bits per heavy atom. The van der Waals surface area contributed by atoms with Gasteiger partial charge in [0.15, 0.2) is 5.89 Å². The lowest BCUT2D eigenvalue weighted by Crippen LogP contribution is -2.40. The van der Waals surface area contributed by atoms with E-state index in [4.69, 9.17) is 4.42 Å². The van der Waals surface area contributed by atoms with Gasteiger partial charge in [-0.1, -0.05) is 44.2 Å². The van der Waals surface area contributed by atoms with Crippen LogP contribution in [0.5, 0.6) is 0 Å². The van der Waals surface area contributed by atoms with Gasteiger partial charge in [0.2, 0.25) is 0 Å². The second kappa shape index (κ2) is 7.94. The number of fused-ring (bicyclic) bond motifs is 1. The maximum absolute atomic E-state index is 13.4. The number of rotatable bonds is 4. The minimum absolute atomic E-state index is 0.164. The Labute approximate surface area is 176 Å². The second-order valence-corrected chi connectivity index (χ2v) is 8.23. The van der Waals surface area contributed by atoms with E-state index >= 15 is 0 Å². The fourth-order valence-corrected chi connectivity index (χ4v) is 3.90. The van der Waals surface area contributed by atoms with E-state index in [-0.39, 0.29) is 29.0 Å². The van der Waals surface area contributed by atoms with Crippen LogP contribution in [0.25, 0.3) is 0 Å². The van der Waals surface area contributed by atoms with Crippen molar-refractivity contribution in [3.05, 3.63) is 87.0 Å². The molecule has 0 spiro atoms. The monoisotopic (exact) mass is 405 g/mol. The van der Waals surface area contributed by atoms with E-state index in [1.165, 1.54) is 0 Å². The van der Waals surface area contributed by atoms with Crippen LogP contribution in [0, 0.1) is 6.92 Å². The fraction of sp³-hybridized carbons (Fsp3) is 0.375. The van der Waals surface area contributed by atoms with Gasteiger partial charge in [-0.15, -0.1) is 0 Å². The second-order valence-electron chi connectivity index (χ2n) is 8.23. The first-order valence-corrected chi connectivity index (χ1v) is 10.4. The van der Waals surface area contributed by atoms with E-state index in [0.29, 0.717) is 31.0 Å². The average molecular weight is 405 g/mol. The summed E-state index contributed by atoms with van der Waals surface area (Å²) < 4.78 is 7.47. The molecule has 0 saturated carbocycles. The summed E-state index contributed by atoms with van der Waals surface area (Å²) in [5.74, 6) is 1.50. The van der Waals surface area contributed by atoms with Crippen LogP contribution < -0.4 is 5.56 Å². The van der Waals surface area contributed by atoms with Crippen LogP contribution in [0.3, 0.4) is 0 Å². The maximum atomic E-state index is 13.4. The lowest BCUT2D eigenvalue weighted by Gasteiger charge is -2.26. The summed E-state index contributed by atoms with van der Waals surface area (Å²) in [5.41, 5.74) is 2.48. The molecule has 1 aromatic carbocycles. The molecule has 6 heteroatoms. The normalized spacial score (nSPS) is 14.6. The van der Waals surface area contributed by atoms with Crippen LogP contribution in [0.2, 0.25) is 0 Å². The number of hydrogen-bond acceptors (Lipinski definition) is 4. The van der Waals surface area contributed by atoms with Gasteiger partial charge in [0, 0.05) is 25.1 Å². The van der Waals surface area contributed by atoms with Crippen molar-refractivity contribution in [2.45, 2.75) is 52.6 Å². The molecule has 0 radical (unpaired) electrons. The highest BCUT2D eigenvalue weighted by molar-refractivity contribution is 5.95. The first-order chi connectivity index (χ1) is 14.4. The van der Waals surface area contributed by atoms with Crippen molar-refractivity contribution in [1.29, 1.82) is 0 Å². The van der Waals surface area contributed by atoms with Gasteiger partial charge >= 0.3 is 0 Å². The third kappa shape index (κ3) is 3.58. The number of carbonyl (C=O) groups excluding carboxylic acids is 1. The molecule has 0 N–H and O–H groups in total. The number of benzene rings is 1. The van der Waals surface area contributed by atoms with E-state index < -0.39 is 0 Å². The van der Waals surface area contributed by atoms with E-state index in [1.54, 1.807) is 15.7 Å². The third-order valence-electron chi connectivity index (χ3n) is 5.77. The molecule has 1 aliphatic rings. The molecular weight excluding hydrogens is 378 g/mol. The zero-order chi connectivity index (χ0) is 21.4. The third-order valence-corrected chi connectivity index (χ3v) is 5.77. The van der Waals surface area contributed by atoms with Gasteiger partial charge < -0.3 is 13.9 Å². The van der Waals surface area contributed by atoms with Gasteiger partial charge in [-0.05, 0) is 31.0 Å². The summed E-state index contributed by atoms with van der Waals surface area (Å²) in [7, 11) is 0. The molecule has 156 valence electrons. The number of amides is 1. The summed E-state index contributed by atoms with van der Waals surface area (Å²) in [6, 6.07) is 11.5. The molecule has 1 atom stereocenters. The molecule has 1 aliphatic heterocycles. The van der Waals surface area contributed by atoms with E-state index in [9.17, 15) is 9.59 Å². The Bertz CT molecular complexity index is 1130. The van der Waals surface area contributed by atoms with Crippen molar-refractivity contribution in [2.24, 2.45) is 0 Å². The molecule has 0 bridgehead atoms. The van der Waals surface area contributed by atoms with Crippen LogP contribution in [-0.2, 0) is 13.0 Å². The number of hydrogen-bond donors (Lipinski definition) is 0. The highest BCUT2D eigenvalue weighted by Crippen LogP contribution is 2.25. The van der Waals surface area contributed by atoms with Crippen LogP contribution in [0.15, 0.2) is 51.8 Å². The molecule has 4 rings (SSSR count). The predicted octanol–water partition coefficient (Wildman–Crippen LogP) is 4.08. The summed E-state index contributed by atoms with van der Waals surface area (Å²) in [6.45, 7) is 8.73. The van der Waals surface area contributed by atoms with Crippen LogP contribution >= 0.6 is 0 Å². The molecular formula is C24H27N3O3. The minimum atomic E-state index is -0.259. The molecule has 3 heterocycles. The van der Waals surface area contributed by atoms with Crippen molar-refractivity contribution < 1.29 is 9.21 Å².